The Morgan fingerprint density at radius 3 is 2.57 bits per heavy atom. The summed E-state index contributed by atoms with van der Waals surface area (Å²) in [6, 6.07) is 13.5. The molecule has 0 saturated carbocycles. The summed E-state index contributed by atoms with van der Waals surface area (Å²) < 4.78 is 5.38. The summed E-state index contributed by atoms with van der Waals surface area (Å²) in [4.78, 5) is 15.5. The van der Waals surface area contributed by atoms with Gasteiger partial charge in [-0.2, -0.15) is 0 Å². The van der Waals surface area contributed by atoms with Gasteiger partial charge >= 0.3 is 6.03 Å². The van der Waals surface area contributed by atoms with Gasteiger partial charge in [0, 0.05) is 5.69 Å². The number of carbonyl (C=O) groups is 1. The zero-order valence-electron chi connectivity index (χ0n) is 11.9. The normalized spacial score (nSPS) is 15.9. The molecule has 0 aliphatic carbocycles. The van der Waals surface area contributed by atoms with Crippen LogP contribution >= 0.6 is 0 Å². The van der Waals surface area contributed by atoms with Crippen LogP contribution in [0.1, 0.15) is 5.76 Å². The monoisotopic (exact) mass is 286 g/mol. The molecule has 0 atom stereocenters. The number of nitrogens with zero attached hydrogens (tertiary/aromatic N) is 1. The van der Waals surface area contributed by atoms with Crippen LogP contribution in [0.3, 0.4) is 0 Å². The fraction of sp³-hybridized carbons (Fsp3) is 0.312. The van der Waals surface area contributed by atoms with Gasteiger partial charge in [-0.1, -0.05) is 18.2 Å². The molecule has 2 amide bonds. The lowest BCUT2D eigenvalue weighted by atomic mass is 10.3. The molecule has 2 heterocycles. The van der Waals surface area contributed by atoms with Crippen molar-refractivity contribution in [3.8, 4) is 0 Å². The van der Waals surface area contributed by atoms with E-state index in [1.165, 1.54) is 4.90 Å². The van der Waals surface area contributed by atoms with Gasteiger partial charge in [-0.05, 0) is 24.3 Å². The highest BCUT2D eigenvalue weighted by Gasteiger charge is 2.24. The van der Waals surface area contributed by atoms with Crippen LogP contribution in [0, 0.1) is 0 Å². The van der Waals surface area contributed by atoms with E-state index in [-0.39, 0.29) is 6.03 Å². The molecule has 0 radical (unpaired) electrons. The van der Waals surface area contributed by atoms with E-state index in [4.69, 9.17) is 4.42 Å². The first kappa shape index (κ1) is 13.7. The van der Waals surface area contributed by atoms with E-state index >= 15 is 0 Å². The fourth-order valence-electron chi connectivity index (χ4n) is 2.59. The maximum absolute atomic E-state index is 12.2. The van der Waals surface area contributed by atoms with Crippen molar-refractivity contribution in [2.75, 3.05) is 31.5 Å². The van der Waals surface area contributed by atoms with E-state index in [0.29, 0.717) is 0 Å². The van der Waals surface area contributed by atoms with Crippen LogP contribution in [0.15, 0.2) is 53.1 Å². The maximum Gasteiger partial charge on any atom is 0.322 e. The third-order valence-electron chi connectivity index (χ3n) is 3.79. The van der Waals surface area contributed by atoms with Crippen molar-refractivity contribution in [3.05, 3.63) is 54.5 Å². The summed E-state index contributed by atoms with van der Waals surface area (Å²) in [7, 11) is 0. The lowest BCUT2D eigenvalue weighted by molar-refractivity contribution is -0.918. The molecular formula is C16H20N3O2+. The molecule has 2 aromatic rings. The summed E-state index contributed by atoms with van der Waals surface area (Å²) in [6.45, 7) is 4.33. The van der Waals surface area contributed by atoms with Gasteiger partial charge in [-0.25, -0.2) is 4.79 Å². The van der Waals surface area contributed by atoms with Crippen molar-refractivity contribution in [1.82, 2.24) is 4.90 Å². The third-order valence-corrected chi connectivity index (χ3v) is 3.79. The second-order valence-electron chi connectivity index (χ2n) is 5.29. The van der Waals surface area contributed by atoms with Crippen LogP contribution < -0.4 is 10.2 Å². The maximum atomic E-state index is 12.2. The van der Waals surface area contributed by atoms with E-state index < -0.39 is 0 Å². The molecular weight excluding hydrogens is 266 g/mol. The first-order valence-electron chi connectivity index (χ1n) is 7.28. The Morgan fingerprint density at radius 2 is 1.90 bits per heavy atom. The van der Waals surface area contributed by atoms with Crippen LogP contribution in [0.2, 0.25) is 0 Å². The van der Waals surface area contributed by atoms with Gasteiger partial charge in [0.05, 0.1) is 32.4 Å². The van der Waals surface area contributed by atoms with Crippen molar-refractivity contribution in [1.29, 1.82) is 0 Å². The molecule has 0 bridgehead atoms. The average molecular weight is 286 g/mol. The number of hydrogen-bond donors (Lipinski definition) is 2. The standard InChI is InChI=1S/C16H19N3O2/c20-16(17-14-5-2-1-3-6-14)19-10-8-18(9-11-19)13-15-7-4-12-21-15/h1-7,12H,8-11,13H2,(H,17,20)/p+1. The Labute approximate surface area is 124 Å². The molecule has 2 N–H and O–H groups in total. The number of quaternary nitrogens is 1. The van der Waals surface area contributed by atoms with E-state index in [0.717, 1.165) is 44.2 Å². The lowest BCUT2D eigenvalue weighted by Crippen LogP contribution is -3.13. The first-order chi connectivity index (χ1) is 10.3. The number of para-hydroxylation sites is 1. The molecule has 110 valence electrons. The Morgan fingerprint density at radius 1 is 1.14 bits per heavy atom. The van der Waals surface area contributed by atoms with E-state index in [9.17, 15) is 4.79 Å². The molecule has 1 aliphatic heterocycles. The van der Waals surface area contributed by atoms with Crippen molar-refractivity contribution in [2.24, 2.45) is 0 Å². The number of piperazine rings is 1. The quantitative estimate of drug-likeness (QED) is 0.891. The Kier molecular flexibility index (Phi) is 4.21. The molecule has 3 rings (SSSR count). The minimum Gasteiger partial charge on any atom is -0.463 e. The number of benzene rings is 1. The van der Waals surface area contributed by atoms with Gasteiger partial charge in [0.2, 0.25) is 0 Å². The van der Waals surface area contributed by atoms with Gasteiger partial charge in [-0.15, -0.1) is 0 Å². The molecule has 0 spiro atoms. The highest BCUT2D eigenvalue weighted by Crippen LogP contribution is 2.06. The van der Waals surface area contributed by atoms with Crippen molar-refractivity contribution >= 4 is 11.7 Å². The fourth-order valence-corrected chi connectivity index (χ4v) is 2.59. The SMILES string of the molecule is O=C(Nc1ccccc1)N1CC[NH+](Cc2ccco2)CC1. The lowest BCUT2D eigenvalue weighted by Gasteiger charge is -2.31. The average Bonchev–Trinajstić information content (AvgIpc) is 3.02. The number of anilines is 1. The van der Waals surface area contributed by atoms with Crippen LogP contribution in [-0.2, 0) is 6.54 Å². The van der Waals surface area contributed by atoms with Gasteiger partial charge in [-0.3, -0.25) is 0 Å². The molecule has 1 aromatic heterocycles. The number of hydrogen-bond acceptors (Lipinski definition) is 2. The minimum atomic E-state index is -0.0155. The van der Waals surface area contributed by atoms with Gasteiger partial charge in [0.1, 0.15) is 6.54 Å². The van der Waals surface area contributed by atoms with Crippen LogP contribution in [-0.4, -0.2) is 37.1 Å². The van der Waals surface area contributed by atoms with E-state index in [2.05, 4.69) is 5.32 Å². The summed E-state index contributed by atoms with van der Waals surface area (Å²) in [5.41, 5.74) is 0.841. The smallest absolute Gasteiger partial charge is 0.322 e. The number of nitrogens with one attached hydrogen (secondary N) is 2. The third kappa shape index (κ3) is 3.64. The number of furan rings is 1. The Bertz CT molecular complexity index is 560. The summed E-state index contributed by atoms with van der Waals surface area (Å²) in [5, 5.41) is 2.93. The number of rotatable bonds is 3. The van der Waals surface area contributed by atoms with Gasteiger partial charge < -0.3 is 19.5 Å². The summed E-state index contributed by atoms with van der Waals surface area (Å²) in [5.74, 6) is 1.01. The summed E-state index contributed by atoms with van der Waals surface area (Å²) >= 11 is 0. The molecule has 0 unspecified atom stereocenters. The predicted octanol–water partition coefficient (Wildman–Crippen LogP) is 1.21. The molecule has 5 heteroatoms. The second-order valence-corrected chi connectivity index (χ2v) is 5.29. The van der Waals surface area contributed by atoms with E-state index in [1.54, 1.807) is 6.26 Å². The first-order valence-corrected chi connectivity index (χ1v) is 7.28. The zero-order chi connectivity index (χ0) is 14.5. The van der Waals surface area contributed by atoms with Crippen molar-refractivity contribution in [2.45, 2.75) is 6.54 Å². The van der Waals surface area contributed by atoms with Crippen LogP contribution in [0.5, 0.6) is 0 Å². The highest BCUT2D eigenvalue weighted by molar-refractivity contribution is 5.89. The van der Waals surface area contributed by atoms with E-state index in [1.807, 2.05) is 47.4 Å². The largest absolute Gasteiger partial charge is 0.463 e. The van der Waals surface area contributed by atoms with Crippen molar-refractivity contribution in [3.63, 3.8) is 0 Å². The van der Waals surface area contributed by atoms with Crippen molar-refractivity contribution < 1.29 is 14.1 Å². The number of urea groups is 1. The molecule has 1 fully saturated rings. The van der Waals surface area contributed by atoms with Gasteiger partial charge in [0.25, 0.3) is 0 Å². The molecule has 5 nitrogen and oxygen atoms in total. The molecule has 1 aromatic carbocycles. The van der Waals surface area contributed by atoms with Crippen LogP contribution in [0.4, 0.5) is 10.5 Å². The number of amides is 2. The zero-order valence-corrected chi connectivity index (χ0v) is 11.9. The highest BCUT2D eigenvalue weighted by atomic mass is 16.3. The number of carbonyl (C=O) groups excluding carboxylic acids is 1. The Balaban J connectivity index is 1.48. The van der Waals surface area contributed by atoms with Crippen LogP contribution in [0.25, 0.3) is 0 Å². The Hall–Kier alpha value is -2.27. The molecule has 1 aliphatic rings. The minimum absolute atomic E-state index is 0.0155. The second kappa shape index (κ2) is 6.45. The van der Waals surface area contributed by atoms with Gasteiger partial charge in [0.15, 0.2) is 5.76 Å². The predicted molar refractivity (Wildman–Crippen MR) is 80.1 cm³/mol. The summed E-state index contributed by atoms with van der Waals surface area (Å²) in [6.07, 6.45) is 1.71. The topological polar surface area (TPSA) is 49.9 Å². The molecule has 1 saturated heterocycles. The molecule has 21 heavy (non-hydrogen) atoms.